The predicted octanol–water partition coefficient (Wildman–Crippen LogP) is 2.47. The Morgan fingerprint density at radius 2 is 2.21 bits per heavy atom. The largest absolute Gasteiger partial charge is 0.466 e. The molecular weight excluding hydrogens is 316 g/mol. The third-order valence-electron chi connectivity index (χ3n) is 2.42. The maximum absolute atomic E-state index is 11.4. The van der Waals surface area contributed by atoms with Gasteiger partial charge in [0.1, 0.15) is 11.6 Å². The molecule has 0 N–H and O–H groups in total. The second-order valence-electron chi connectivity index (χ2n) is 3.62. The van der Waals surface area contributed by atoms with Crippen molar-refractivity contribution < 1.29 is 14.5 Å². The lowest BCUT2D eigenvalue weighted by atomic mass is 10.0. The molecule has 1 rings (SSSR count). The predicted molar refractivity (Wildman–Crippen MR) is 70.8 cm³/mol. The van der Waals surface area contributed by atoms with E-state index in [9.17, 15) is 14.9 Å². The number of ether oxygens (including phenoxy) is 1. The molecule has 0 atom stereocenters. The lowest BCUT2D eigenvalue weighted by Gasteiger charge is -2.08. The Balaban J connectivity index is 3.23. The monoisotopic (exact) mass is 326 g/mol. The van der Waals surface area contributed by atoms with E-state index < -0.39 is 10.9 Å². The molecule has 0 unspecified atom stereocenters. The van der Waals surface area contributed by atoms with Crippen LogP contribution in [0.15, 0.2) is 12.1 Å². The first-order valence-electron chi connectivity index (χ1n) is 5.45. The zero-order valence-corrected chi connectivity index (χ0v) is 11.8. The molecule has 0 aliphatic heterocycles. The minimum Gasteiger partial charge on any atom is -0.466 e. The van der Waals surface area contributed by atoms with Crippen molar-refractivity contribution in [3.05, 3.63) is 38.9 Å². The van der Waals surface area contributed by atoms with Crippen molar-refractivity contribution in [1.82, 2.24) is 0 Å². The zero-order chi connectivity index (χ0) is 14.4. The Kier molecular flexibility index (Phi) is 5.45. The molecule has 7 heteroatoms. The van der Waals surface area contributed by atoms with Crippen LogP contribution in [0.3, 0.4) is 0 Å². The lowest BCUT2D eigenvalue weighted by Crippen LogP contribution is -2.10. The summed E-state index contributed by atoms with van der Waals surface area (Å²) in [6.45, 7) is 1.94. The van der Waals surface area contributed by atoms with E-state index in [1.54, 1.807) is 13.0 Å². The van der Waals surface area contributed by atoms with Crippen LogP contribution in [0, 0.1) is 21.4 Å². The molecule has 0 bridgehead atoms. The number of hydrogen-bond donors (Lipinski definition) is 0. The van der Waals surface area contributed by atoms with Gasteiger partial charge in [0.15, 0.2) is 0 Å². The molecule has 0 amide bonds. The molecule has 100 valence electrons. The average molecular weight is 327 g/mol. The van der Waals surface area contributed by atoms with Crippen LogP contribution in [-0.4, -0.2) is 17.5 Å². The molecule has 0 aromatic heterocycles. The molecule has 0 heterocycles. The molecule has 1 aromatic rings. The molecule has 0 aliphatic carbocycles. The van der Waals surface area contributed by atoms with Crippen molar-refractivity contribution in [2.24, 2.45) is 0 Å². The first-order valence-corrected chi connectivity index (χ1v) is 6.57. The van der Waals surface area contributed by atoms with E-state index in [1.165, 1.54) is 12.1 Å². The van der Waals surface area contributed by atoms with Gasteiger partial charge in [0, 0.05) is 11.4 Å². The topological polar surface area (TPSA) is 93.2 Å². The highest BCUT2D eigenvalue weighted by Gasteiger charge is 2.19. The standard InChI is InChI=1S/C12H11BrN2O4/c1-2-19-12(16)5-8-4-11(15(17)18)10(7-14)3-9(8)6-13/h3-4H,2,5-6H2,1H3. The first kappa shape index (κ1) is 15.1. The Morgan fingerprint density at radius 3 is 2.68 bits per heavy atom. The summed E-state index contributed by atoms with van der Waals surface area (Å²) in [4.78, 5) is 21.7. The Labute approximate surface area is 118 Å². The minimum atomic E-state index is -0.634. The van der Waals surface area contributed by atoms with Crippen LogP contribution in [-0.2, 0) is 21.3 Å². The number of carbonyl (C=O) groups excluding carboxylic acids is 1. The second-order valence-corrected chi connectivity index (χ2v) is 4.18. The minimum absolute atomic E-state index is 0.0212. The highest BCUT2D eigenvalue weighted by atomic mass is 79.9. The molecule has 6 nitrogen and oxygen atoms in total. The summed E-state index contributed by atoms with van der Waals surface area (Å²) in [6.07, 6.45) is -0.0542. The number of nitro benzene ring substituents is 1. The van der Waals surface area contributed by atoms with Gasteiger partial charge in [-0.3, -0.25) is 14.9 Å². The van der Waals surface area contributed by atoms with Gasteiger partial charge < -0.3 is 4.74 Å². The molecule has 0 fully saturated rings. The van der Waals surface area contributed by atoms with E-state index in [0.717, 1.165) is 0 Å². The number of alkyl halides is 1. The first-order chi connectivity index (χ1) is 9.03. The van der Waals surface area contributed by atoms with Gasteiger partial charge >= 0.3 is 5.97 Å². The van der Waals surface area contributed by atoms with Crippen LogP contribution < -0.4 is 0 Å². The van der Waals surface area contributed by atoms with Crippen molar-refractivity contribution in [2.45, 2.75) is 18.7 Å². The number of nitriles is 1. The average Bonchev–Trinajstić information content (AvgIpc) is 2.38. The molecule has 0 saturated heterocycles. The normalized spacial score (nSPS) is 9.74. The van der Waals surface area contributed by atoms with Crippen molar-refractivity contribution in [3.63, 3.8) is 0 Å². The summed E-state index contributed by atoms with van der Waals surface area (Å²) in [7, 11) is 0. The van der Waals surface area contributed by atoms with Gasteiger partial charge in [0.25, 0.3) is 5.69 Å². The van der Waals surface area contributed by atoms with E-state index in [-0.39, 0.29) is 24.3 Å². The van der Waals surface area contributed by atoms with E-state index in [2.05, 4.69) is 15.9 Å². The summed E-state index contributed by atoms with van der Waals surface area (Å²) in [5, 5.41) is 20.2. The van der Waals surface area contributed by atoms with Gasteiger partial charge in [0.05, 0.1) is 18.0 Å². The third kappa shape index (κ3) is 3.76. The molecule has 0 radical (unpaired) electrons. The van der Waals surface area contributed by atoms with E-state index in [0.29, 0.717) is 16.5 Å². The molecule has 19 heavy (non-hydrogen) atoms. The number of nitro groups is 1. The van der Waals surface area contributed by atoms with Crippen LogP contribution in [0.1, 0.15) is 23.6 Å². The van der Waals surface area contributed by atoms with Crippen molar-refractivity contribution in [3.8, 4) is 6.07 Å². The van der Waals surface area contributed by atoms with Crippen LogP contribution in [0.2, 0.25) is 0 Å². The highest BCUT2D eigenvalue weighted by molar-refractivity contribution is 9.08. The fourth-order valence-electron chi connectivity index (χ4n) is 1.57. The Morgan fingerprint density at radius 1 is 1.53 bits per heavy atom. The summed E-state index contributed by atoms with van der Waals surface area (Å²) >= 11 is 3.23. The van der Waals surface area contributed by atoms with Gasteiger partial charge in [-0.2, -0.15) is 5.26 Å². The summed E-state index contributed by atoms with van der Waals surface area (Å²) in [6, 6.07) is 4.45. The third-order valence-corrected chi connectivity index (χ3v) is 3.02. The van der Waals surface area contributed by atoms with Crippen LogP contribution >= 0.6 is 15.9 Å². The summed E-state index contributed by atoms with van der Waals surface area (Å²) < 4.78 is 4.81. The Hall–Kier alpha value is -1.94. The maximum Gasteiger partial charge on any atom is 0.310 e. The zero-order valence-electron chi connectivity index (χ0n) is 10.2. The number of rotatable bonds is 5. The van der Waals surface area contributed by atoms with Gasteiger partial charge in [-0.05, 0) is 24.1 Å². The molecule has 0 spiro atoms. The van der Waals surface area contributed by atoms with Crippen LogP contribution in [0.5, 0.6) is 0 Å². The Bertz CT molecular complexity index is 551. The number of nitrogens with zero attached hydrogens (tertiary/aromatic N) is 2. The SMILES string of the molecule is CCOC(=O)Cc1cc([N+](=O)[O-])c(C#N)cc1CBr. The maximum atomic E-state index is 11.4. The quantitative estimate of drug-likeness (QED) is 0.358. The number of carbonyl (C=O) groups is 1. The number of halogens is 1. The highest BCUT2D eigenvalue weighted by Crippen LogP contribution is 2.25. The fraction of sp³-hybridized carbons (Fsp3) is 0.333. The number of hydrogen-bond acceptors (Lipinski definition) is 5. The van der Waals surface area contributed by atoms with E-state index >= 15 is 0 Å². The van der Waals surface area contributed by atoms with Gasteiger partial charge in [-0.15, -0.1) is 0 Å². The van der Waals surface area contributed by atoms with Gasteiger partial charge in [-0.1, -0.05) is 15.9 Å². The fourth-order valence-corrected chi connectivity index (χ4v) is 2.10. The van der Waals surface area contributed by atoms with Crippen molar-refractivity contribution >= 4 is 27.6 Å². The molecule has 0 saturated carbocycles. The smallest absolute Gasteiger partial charge is 0.310 e. The summed E-state index contributed by atoms with van der Waals surface area (Å²) in [5.41, 5.74) is 0.829. The van der Waals surface area contributed by atoms with Crippen molar-refractivity contribution in [1.29, 1.82) is 5.26 Å². The molecule has 1 aromatic carbocycles. The van der Waals surface area contributed by atoms with Crippen LogP contribution in [0.25, 0.3) is 0 Å². The molecule has 0 aliphatic rings. The summed E-state index contributed by atoms with van der Waals surface area (Å²) in [5.74, 6) is -0.455. The van der Waals surface area contributed by atoms with Crippen molar-refractivity contribution in [2.75, 3.05) is 6.61 Å². The van der Waals surface area contributed by atoms with Gasteiger partial charge in [0.2, 0.25) is 0 Å². The lowest BCUT2D eigenvalue weighted by molar-refractivity contribution is -0.385. The number of esters is 1. The van der Waals surface area contributed by atoms with Crippen LogP contribution in [0.4, 0.5) is 5.69 Å². The van der Waals surface area contributed by atoms with E-state index in [4.69, 9.17) is 10.00 Å². The van der Waals surface area contributed by atoms with E-state index in [1.807, 2.05) is 0 Å². The molecular formula is C12H11BrN2O4. The van der Waals surface area contributed by atoms with Gasteiger partial charge in [-0.25, -0.2) is 0 Å². The second kappa shape index (κ2) is 6.85. The number of benzene rings is 1.